The van der Waals surface area contributed by atoms with E-state index >= 15 is 0 Å². The molecule has 6 aromatic rings. The Bertz CT molecular complexity index is 1840. The van der Waals surface area contributed by atoms with Gasteiger partial charge in [-0.25, -0.2) is 14.4 Å². The number of nitrogens with two attached hydrogens (primary N) is 1. The number of nitrogens with zero attached hydrogens (tertiary/aromatic N) is 6. The van der Waals surface area contributed by atoms with E-state index in [2.05, 4.69) is 35.0 Å². The van der Waals surface area contributed by atoms with Crippen molar-refractivity contribution in [1.29, 1.82) is 0 Å². The number of hydrogen-bond acceptors (Lipinski definition) is 8. The number of nitrogen functional groups attached to an aromatic ring is 1. The van der Waals surface area contributed by atoms with E-state index in [1.807, 2.05) is 24.3 Å². The maximum Gasteiger partial charge on any atom is 0.159 e. The van der Waals surface area contributed by atoms with Gasteiger partial charge in [-0.1, -0.05) is 0 Å². The first kappa shape index (κ1) is 24.2. The highest BCUT2D eigenvalue weighted by atomic mass is 19.1. The second-order valence-electron chi connectivity index (χ2n) is 9.91. The number of anilines is 1. The molecule has 1 aliphatic rings. The van der Waals surface area contributed by atoms with Crippen molar-refractivity contribution < 1.29 is 9.13 Å². The van der Waals surface area contributed by atoms with Crippen LogP contribution in [-0.2, 0) is 0 Å². The maximum atomic E-state index is 14.7. The molecule has 11 heteroatoms. The second kappa shape index (κ2) is 10.0. The predicted molar refractivity (Wildman–Crippen MR) is 151 cm³/mol. The topological polar surface area (TPSA) is 135 Å². The van der Waals surface area contributed by atoms with Crippen LogP contribution in [0, 0.1) is 5.82 Å². The summed E-state index contributed by atoms with van der Waals surface area (Å²) in [7, 11) is 0. The summed E-state index contributed by atoms with van der Waals surface area (Å²) >= 11 is 0. The zero-order chi connectivity index (χ0) is 27.1. The SMILES string of the molecule is Nc1cncc(-c2cnc3[nH]nc(-c4nc5c(-c6cc(F)cc(OCCN7CCCC7)c6)nccc5[nH]4)c3c2)c1. The van der Waals surface area contributed by atoms with Crippen LogP contribution >= 0.6 is 0 Å². The fourth-order valence-corrected chi connectivity index (χ4v) is 5.20. The number of hydrogen-bond donors (Lipinski definition) is 3. The van der Waals surface area contributed by atoms with Gasteiger partial charge in [0.05, 0.1) is 22.3 Å². The molecule has 0 unspecified atom stereocenters. The monoisotopic (exact) mass is 535 g/mol. The van der Waals surface area contributed by atoms with Gasteiger partial charge in [0.2, 0.25) is 0 Å². The number of aromatic nitrogens is 7. The quantitative estimate of drug-likeness (QED) is 0.265. The van der Waals surface area contributed by atoms with Gasteiger partial charge in [0.15, 0.2) is 11.5 Å². The lowest BCUT2D eigenvalue weighted by Crippen LogP contribution is -2.25. The average molecular weight is 536 g/mol. The number of fused-ring (bicyclic) bond motifs is 2. The zero-order valence-corrected chi connectivity index (χ0v) is 21.6. The lowest BCUT2D eigenvalue weighted by atomic mass is 10.1. The lowest BCUT2D eigenvalue weighted by Gasteiger charge is -2.15. The van der Waals surface area contributed by atoms with Crippen molar-refractivity contribution >= 4 is 27.8 Å². The van der Waals surface area contributed by atoms with Crippen molar-refractivity contribution in [2.75, 3.05) is 32.0 Å². The third-order valence-electron chi connectivity index (χ3n) is 7.15. The first-order chi connectivity index (χ1) is 19.6. The molecule has 0 amide bonds. The van der Waals surface area contributed by atoms with Crippen LogP contribution in [0.15, 0.2) is 61.2 Å². The Morgan fingerprint density at radius 3 is 2.70 bits per heavy atom. The second-order valence-corrected chi connectivity index (χ2v) is 9.91. The van der Waals surface area contributed by atoms with E-state index in [-0.39, 0.29) is 0 Å². The lowest BCUT2D eigenvalue weighted by molar-refractivity contribution is 0.237. The molecule has 10 nitrogen and oxygen atoms in total. The molecule has 200 valence electrons. The molecule has 0 aliphatic carbocycles. The number of rotatable bonds is 7. The minimum atomic E-state index is -0.392. The summed E-state index contributed by atoms with van der Waals surface area (Å²) in [4.78, 5) is 23.8. The van der Waals surface area contributed by atoms with E-state index in [1.54, 1.807) is 24.8 Å². The van der Waals surface area contributed by atoms with Crippen molar-refractivity contribution in [3.8, 4) is 39.7 Å². The van der Waals surface area contributed by atoms with Gasteiger partial charge in [-0.15, -0.1) is 0 Å². The maximum absolute atomic E-state index is 14.7. The highest BCUT2D eigenvalue weighted by Gasteiger charge is 2.18. The van der Waals surface area contributed by atoms with E-state index in [9.17, 15) is 4.39 Å². The highest BCUT2D eigenvalue weighted by Crippen LogP contribution is 2.33. The largest absolute Gasteiger partial charge is 0.492 e. The number of nitrogens with one attached hydrogen (secondary N) is 2. The van der Waals surface area contributed by atoms with E-state index in [0.29, 0.717) is 52.0 Å². The van der Waals surface area contributed by atoms with Gasteiger partial charge < -0.3 is 15.5 Å². The average Bonchev–Trinajstić information content (AvgIpc) is 3.72. The standard InChI is InChI=1S/C29H26FN9O/c30-20-9-17(11-22(13-20)40-8-7-39-5-1-2-6-39)25-27-24(3-4-33-25)35-29(36-27)26-23-12-19(15-34-28(23)38-37-26)18-10-21(31)16-32-14-18/h3-4,9-16H,1-2,5-8,31H2,(H,35,36)(H,34,37,38). The van der Waals surface area contributed by atoms with Gasteiger partial charge in [-0.2, -0.15) is 5.10 Å². The molecule has 0 spiro atoms. The summed E-state index contributed by atoms with van der Waals surface area (Å²) in [6, 6.07) is 10.3. The van der Waals surface area contributed by atoms with Crippen LogP contribution in [0.5, 0.6) is 5.75 Å². The fraction of sp³-hybridized carbons (Fsp3) is 0.207. The summed E-state index contributed by atoms with van der Waals surface area (Å²) < 4.78 is 20.6. The minimum Gasteiger partial charge on any atom is -0.492 e. The number of pyridine rings is 3. The molecule has 0 atom stereocenters. The van der Waals surface area contributed by atoms with Gasteiger partial charge in [0.1, 0.15) is 29.4 Å². The van der Waals surface area contributed by atoms with Crippen molar-refractivity contribution in [2.24, 2.45) is 0 Å². The minimum absolute atomic E-state index is 0.392. The summed E-state index contributed by atoms with van der Waals surface area (Å²) in [6.45, 7) is 3.50. The van der Waals surface area contributed by atoms with E-state index in [4.69, 9.17) is 15.5 Å². The molecule has 6 heterocycles. The fourth-order valence-electron chi connectivity index (χ4n) is 5.20. The third-order valence-corrected chi connectivity index (χ3v) is 7.15. The number of aromatic amines is 2. The van der Waals surface area contributed by atoms with E-state index in [1.165, 1.54) is 25.0 Å². The summed E-state index contributed by atoms with van der Waals surface area (Å²) in [5.74, 6) is 0.617. The van der Waals surface area contributed by atoms with Crippen LogP contribution in [0.25, 0.3) is 56.0 Å². The van der Waals surface area contributed by atoms with Gasteiger partial charge >= 0.3 is 0 Å². The molecule has 0 bridgehead atoms. The molecular weight excluding hydrogens is 509 g/mol. The molecule has 0 radical (unpaired) electrons. The third kappa shape index (κ3) is 4.60. The number of likely N-dealkylation sites (tertiary alicyclic amines) is 1. The number of H-pyrrole nitrogens is 2. The van der Waals surface area contributed by atoms with Gasteiger partial charge in [-0.05, 0) is 56.3 Å². The number of halogens is 1. The Labute approximate surface area is 228 Å². The number of benzene rings is 1. The summed E-state index contributed by atoms with van der Waals surface area (Å²) in [6.07, 6.45) is 9.19. The molecule has 1 aromatic carbocycles. The Morgan fingerprint density at radius 2 is 1.82 bits per heavy atom. The highest BCUT2D eigenvalue weighted by molar-refractivity contribution is 5.96. The Morgan fingerprint density at radius 1 is 0.950 bits per heavy atom. The van der Waals surface area contributed by atoms with Gasteiger partial charge in [0, 0.05) is 54.1 Å². The Hall–Kier alpha value is -4.90. The summed E-state index contributed by atoms with van der Waals surface area (Å²) in [5, 5.41) is 8.24. The van der Waals surface area contributed by atoms with Crippen LogP contribution in [0.3, 0.4) is 0 Å². The van der Waals surface area contributed by atoms with Crippen molar-refractivity contribution in [1.82, 2.24) is 40.0 Å². The van der Waals surface area contributed by atoms with Gasteiger partial charge in [0.25, 0.3) is 0 Å². The van der Waals surface area contributed by atoms with E-state index < -0.39 is 5.82 Å². The van der Waals surface area contributed by atoms with Crippen LogP contribution in [-0.4, -0.2) is 66.3 Å². The molecular formula is C29H26FN9O. The Kier molecular flexibility index (Phi) is 6.05. The number of ether oxygens (including phenoxy) is 1. The van der Waals surface area contributed by atoms with Crippen molar-refractivity contribution in [3.63, 3.8) is 0 Å². The summed E-state index contributed by atoms with van der Waals surface area (Å²) in [5.41, 5.74) is 11.9. The predicted octanol–water partition coefficient (Wildman–Crippen LogP) is 4.82. The molecule has 7 rings (SSSR count). The first-order valence-electron chi connectivity index (χ1n) is 13.2. The molecule has 4 N–H and O–H groups in total. The smallest absolute Gasteiger partial charge is 0.159 e. The van der Waals surface area contributed by atoms with Crippen LogP contribution in [0.4, 0.5) is 10.1 Å². The van der Waals surface area contributed by atoms with E-state index in [0.717, 1.165) is 41.7 Å². The molecule has 40 heavy (non-hydrogen) atoms. The first-order valence-corrected chi connectivity index (χ1v) is 13.2. The van der Waals surface area contributed by atoms with Crippen LogP contribution in [0.2, 0.25) is 0 Å². The van der Waals surface area contributed by atoms with Gasteiger partial charge in [-0.3, -0.25) is 20.0 Å². The molecule has 1 aliphatic heterocycles. The van der Waals surface area contributed by atoms with Crippen LogP contribution < -0.4 is 10.5 Å². The Balaban J connectivity index is 1.23. The zero-order valence-electron chi connectivity index (χ0n) is 21.6. The normalized spacial score (nSPS) is 13.9. The molecule has 5 aromatic heterocycles. The van der Waals surface area contributed by atoms with Crippen LogP contribution in [0.1, 0.15) is 12.8 Å². The molecule has 1 saturated heterocycles. The van der Waals surface area contributed by atoms with Crippen molar-refractivity contribution in [2.45, 2.75) is 12.8 Å². The van der Waals surface area contributed by atoms with Crippen molar-refractivity contribution in [3.05, 3.63) is 67.0 Å². The molecule has 0 saturated carbocycles. The number of imidazole rings is 1. The molecule has 1 fully saturated rings.